The summed E-state index contributed by atoms with van der Waals surface area (Å²) in [5.74, 6) is -0.0310. The van der Waals surface area contributed by atoms with E-state index in [9.17, 15) is 4.79 Å². The molecule has 2 fully saturated rings. The molecule has 0 aromatic carbocycles. The van der Waals surface area contributed by atoms with Gasteiger partial charge in [-0.15, -0.1) is 0 Å². The first-order valence-electron chi connectivity index (χ1n) is 7.33. The number of nitrogens with one attached hydrogen (secondary N) is 2. The molecule has 4 rings (SSSR count). The lowest BCUT2D eigenvalue weighted by molar-refractivity contribution is 0.0931. The van der Waals surface area contributed by atoms with Crippen LogP contribution < -0.4 is 10.6 Å². The van der Waals surface area contributed by atoms with Gasteiger partial charge in [0.15, 0.2) is 0 Å². The summed E-state index contributed by atoms with van der Waals surface area (Å²) in [6, 6.07) is 10.6. The summed E-state index contributed by atoms with van der Waals surface area (Å²) in [7, 11) is 0. The maximum atomic E-state index is 12.4. The summed E-state index contributed by atoms with van der Waals surface area (Å²) >= 11 is 0. The lowest BCUT2D eigenvalue weighted by Crippen LogP contribution is -2.42. The molecule has 0 aliphatic carbocycles. The minimum atomic E-state index is -0.0310. The van der Waals surface area contributed by atoms with Gasteiger partial charge in [-0.1, -0.05) is 0 Å². The van der Waals surface area contributed by atoms with E-state index in [1.165, 1.54) is 6.42 Å². The summed E-state index contributed by atoms with van der Waals surface area (Å²) in [6.07, 6.45) is 5.19. The quantitative estimate of drug-likeness (QED) is 0.874. The Bertz CT molecular complexity index is 757. The summed E-state index contributed by atoms with van der Waals surface area (Å²) in [5.41, 5.74) is 2.09. The van der Waals surface area contributed by atoms with Crippen LogP contribution in [0.1, 0.15) is 35.3 Å². The van der Waals surface area contributed by atoms with Crippen LogP contribution in [-0.2, 0) is 0 Å². The SMILES string of the molecule is N#Cc1ccc2cc(C(=O)N[C@@H]3C[C@H]4CC[C@@H]3N4)ccn12. The van der Waals surface area contributed by atoms with E-state index in [1.807, 2.05) is 12.1 Å². The maximum absolute atomic E-state index is 12.4. The van der Waals surface area contributed by atoms with E-state index in [2.05, 4.69) is 16.7 Å². The molecular formula is C16H16N4O. The number of hydrogen-bond donors (Lipinski definition) is 2. The normalized spacial score (nSPS) is 26.9. The Morgan fingerprint density at radius 3 is 3.00 bits per heavy atom. The molecule has 21 heavy (non-hydrogen) atoms. The molecule has 2 aromatic rings. The van der Waals surface area contributed by atoms with Gasteiger partial charge in [0.05, 0.1) is 0 Å². The highest BCUT2D eigenvalue weighted by molar-refractivity contribution is 5.95. The van der Waals surface area contributed by atoms with Crippen LogP contribution >= 0.6 is 0 Å². The number of carbonyl (C=O) groups excluding carboxylic acids is 1. The first-order valence-corrected chi connectivity index (χ1v) is 7.33. The highest BCUT2D eigenvalue weighted by Gasteiger charge is 2.39. The highest BCUT2D eigenvalue weighted by Crippen LogP contribution is 2.28. The lowest BCUT2D eigenvalue weighted by atomic mass is 9.95. The van der Waals surface area contributed by atoms with Gasteiger partial charge in [-0.3, -0.25) is 4.79 Å². The predicted octanol–water partition coefficient (Wildman–Crippen LogP) is 1.43. The van der Waals surface area contributed by atoms with Crippen LogP contribution in [0, 0.1) is 11.3 Å². The number of nitrogens with zero attached hydrogens (tertiary/aromatic N) is 2. The van der Waals surface area contributed by atoms with Gasteiger partial charge >= 0.3 is 0 Å². The second-order valence-corrected chi connectivity index (χ2v) is 5.90. The van der Waals surface area contributed by atoms with E-state index < -0.39 is 0 Å². The second-order valence-electron chi connectivity index (χ2n) is 5.90. The van der Waals surface area contributed by atoms with E-state index in [4.69, 9.17) is 5.26 Å². The van der Waals surface area contributed by atoms with Crippen molar-refractivity contribution >= 4 is 11.4 Å². The van der Waals surface area contributed by atoms with Crippen molar-refractivity contribution < 1.29 is 4.79 Å². The fourth-order valence-corrected chi connectivity index (χ4v) is 3.58. The smallest absolute Gasteiger partial charge is 0.251 e. The average Bonchev–Trinajstić information content (AvgIpc) is 3.21. The van der Waals surface area contributed by atoms with Gasteiger partial charge in [0.2, 0.25) is 0 Å². The van der Waals surface area contributed by atoms with Crippen LogP contribution in [-0.4, -0.2) is 28.4 Å². The van der Waals surface area contributed by atoms with Gasteiger partial charge in [0.25, 0.3) is 5.91 Å². The zero-order valence-corrected chi connectivity index (χ0v) is 11.5. The molecule has 0 unspecified atom stereocenters. The molecule has 2 aliphatic rings. The molecule has 0 spiro atoms. The van der Waals surface area contributed by atoms with E-state index in [1.54, 1.807) is 22.7 Å². The van der Waals surface area contributed by atoms with E-state index in [0.29, 0.717) is 23.3 Å². The summed E-state index contributed by atoms with van der Waals surface area (Å²) in [4.78, 5) is 12.4. The molecule has 2 saturated heterocycles. The first kappa shape index (κ1) is 12.4. The molecule has 1 amide bonds. The molecule has 2 bridgehead atoms. The van der Waals surface area contributed by atoms with Crippen molar-refractivity contribution in [1.82, 2.24) is 15.0 Å². The van der Waals surface area contributed by atoms with Crippen molar-refractivity contribution in [1.29, 1.82) is 5.26 Å². The predicted molar refractivity (Wildman–Crippen MR) is 77.9 cm³/mol. The summed E-state index contributed by atoms with van der Waals surface area (Å²) in [5, 5.41) is 15.7. The Labute approximate surface area is 122 Å². The third-order valence-corrected chi connectivity index (χ3v) is 4.65. The second kappa shape index (κ2) is 4.61. The van der Waals surface area contributed by atoms with Gasteiger partial charge in [-0.05, 0) is 43.5 Å². The molecule has 0 radical (unpaired) electrons. The van der Waals surface area contributed by atoms with E-state index in [-0.39, 0.29) is 11.9 Å². The number of amides is 1. The minimum Gasteiger partial charge on any atom is -0.348 e. The average molecular weight is 280 g/mol. The molecule has 2 aromatic heterocycles. The highest BCUT2D eigenvalue weighted by atomic mass is 16.1. The molecule has 0 saturated carbocycles. The van der Waals surface area contributed by atoms with Gasteiger partial charge in [-0.2, -0.15) is 5.26 Å². The van der Waals surface area contributed by atoms with Gasteiger partial charge < -0.3 is 15.0 Å². The van der Waals surface area contributed by atoms with Crippen LogP contribution in [0.25, 0.3) is 5.52 Å². The molecule has 5 heteroatoms. The van der Waals surface area contributed by atoms with Crippen molar-refractivity contribution in [2.75, 3.05) is 0 Å². The number of aromatic nitrogens is 1. The molecule has 106 valence electrons. The van der Waals surface area contributed by atoms with Crippen LogP contribution in [0.4, 0.5) is 0 Å². The van der Waals surface area contributed by atoms with Crippen molar-refractivity contribution in [3.63, 3.8) is 0 Å². The Morgan fingerprint density at radius 2 is 2.29 bits per heavy atom. The minimum absolute atomic E-state index is 0.0310. The molecule has 3 atom stereocenters. The largest absolute Gasteiger partial charge is 0.348 e. The molecular weight excluding hydrogens is 264 g/mol. The van der Waals surface area contributed by atoms with Crippen LogP contribution in [0.15, 0.2) is 30.5 Å². The molecule has 5 nitrogen and oxygen atoms in total. The number of carbonyl (C=O) groups is 1. The molecule has 2 N–H and O–H groups in total. The van der Waals surface area contributed by atoms with Crippen molar-refractivity contribution in [2.24, 2.45) is 0 Å². The lowest BCUT2D eigenvalue weighted by Gasteiger charge is -2.21. The van der Waals surface area contributed by atoms with E-state index >= 15 is 0 Å². The van der Waals surface area contributed by atoms with Crippen molar-refractivity contribution in [3.05, 3.63) is 41.7 Å². The van der Waals surface area contributed by atoms with E-state index in [0.717, 1.165) is 18.4 Å². The fourth-order valence-electron chi connectivity index (χ4n) is 3.58. The Balaban J connectivity index is 1.55. The number of nitriles is 1. The summed E-state index contributed by atoms with van der Waals surface area (Å²) < 4.78 is 1.79. The number of pyridine rings is 1. The zero-order valence-electron chi connectivity index (χ0n) is 11.5. The fraction of sp³-hybridized carbons (Fsp3) is 0.375. The summed E-state index contributed by atoms with van der Waals surface area (Å²) in [6.45, 7) is 0. The van der Waals surface area contributed by atoms with Gasteiger partial charge in [-0.25, -0.2) is 0 Å². The van der Waals surface area contributed by atoms with Crippen molar-refractivity contribution in [3.8, 4) is 6.07 Å². The Morgan fingerprint density at radius 1 is 1.38 bits per heavy atom. The van der Waals surface area contributed by atoms with Gasteiger partial charge in [0, 0.05) is 35.4 Å². The first-order chi connectivity index (χ1) is 10.2. The van der Waals surface area contributed by atoms with Crippen LogP contribution in [0.2, 0.25) is 0 Å². The van der Waals surface area contributed by atoms with Gasteiger partial charge in [0.1, 0.15) is 11.8 Å². The standard InChI is InChI=1S/C16H16N4O/c17-9-13-3-2-12-7-10(5-6-20(12)13)16(21)19-15-8-11-1-4-14(15)18-11/h2-3,5-7,11,14-15,18H,1,4,8H2,(H,19,21)/t11-,14+,15-/m1/s1. The molecule has 4 heterocycles. The maximum Gasteiger partial charge on any atom is 0.251 e. The third kappa shape index (κ3) is 1.99. The topological polar surface area (TPSA) is 69.3 Å². The van der Waals surface area contributed by atoms with Crippen LogP contribution in [0.3, 0.4) is 0 Å². The number of fused-ring (bicyclic) bond motifs is 3. The zero-order chi connectivity index (χ0) is 14.4. The monoisotopic (exact) mass is 280 g/mol. The third-order valence-electron chi connectivity index (χ3n) is 4.65. The number of hydrogen-bond acceptors (Lipinski definition) is 3. The van der Waals surface area contributed by atoms with Crippen LogP contribution in [0.5, 0.6) is 0 Å². The Kier molecular flexibility index (Phi) is 2.72. The molecule has 2 aliphatic heterocycles. The number of rotatable bonds is 2. The van der Waals surface area contributed by atoms with Crippen molar-refractivity contribution in [2.45, 2.75) is 37.4 Å². The Hall–Kier alpha value is -2.32.